The molecule has 0 saturated carbocycles. The molecule has 0 fully saturated rings. The van der Waals surface area contributed by atoms with Crippen LogP contribution in [0.3, 0.4) is 0 Å². The van der Waals surface area contributed by atoms with Crippen LogP contribution in [0.5, 0.6) is 0 Å². The van der Waals surface area contributed by atoms with Crippen molar-refractivity contribution in [3.8, 4) is 0 Å². The highest BCUT2D eigenvalue weighted by Gasteiger charge is 2.17. The minimum Gasteiger partial charge on any atom is -0.322 e. The summed E-state index contributed by atoms with van der Waals surface area (Å²) in [5, 5.41) is 3.33. The number of anilines is 2. The van der Waals surface area contributed by atoms with E-state index >= 15 is 0 Å². The zero-order chi connectivity index (χ0) is 19.2. The molecule has 0 aliphatic carbocycles. The van der Waals surface area contributed by atoms with Crippen LogP contribution < -0.4 is 10.2 Å². The van der Waals surface area contributed by atoms with E-state index in [9.17, 15) is 9.59 Å². The van der Waals surface area contributed by atoms with Gasteiger partial charge >= 0.3 is 0 Å². The number of carbonyl (C=O) groups excluding carboxylic acids is 2. The fourth-order valence-corrected chi connectivity index (χ4v) is 2.96. The van der Waals surface area contributed by atoms with E-state index in [4.69, 9.17) is 11.6 Å². The molecule has 0 spiro atoms. The Morgan fingerprint density at radius 3 is 2.30 bits per heavy atom. The van der Waals surface area contributed by atoms with Crippen molar-refractivity contribution in [1.82, 2.24) is 0 Å². The van der Waals surface area contributed by atoms with Crippen LogP contribution in [0.15, 0.2) is 78.9 Å². The van der Waals surface area contributed by atoms with Crippen molar-refractivity contribution >= 4 is 34.8 Å². The molecule has 3 rings (SSSR count). The van der Waals surface area contributed by atoms with E-state index in [-0.39, 0.29) is 11.8 Å². The third kappa shape index (κ3) is 4.54. The number of carbonyl (C=O) groups is 2. The Kier molecular flexibility index (Phi) is 5.89. The number of halogens is 1. The molecule has 1 N–H and O–H groups in total. The van der Waals surface area contributed by atoms with Crippen molar-refractivity contribution in [3.05, 3.63) is 95.0 Å². The second kappa shape index (κ2) is 8.52. The molecule has 0 heterocycles. The summed E-state index contributed by atoms with van der Waals surface area (Å²) < 4.78 is 0. The predicted octanol–water partition coefficient (Wildman–Crippen LogP) is 5.26. The van der Waals surface area contributed by atoms with Gasteiger partial charge in [-0.1, -0.05) is 41.9 Å². The van der Waals surface area contributed by atoms with Gasteiger partial charge < -0.3 is 10.2 Å². The first-order valence-electron chi connectivity index (χ1n) is 8.62. The minimum atomic E-state index is -0.297. The Bertz CT molecular complexity index is 957. The number of hydrogen-bond acceptors (Lipinski definition) is 2. The summed E-state index contributed by atoms with van der Waals surface area (Å²) in [5.74, 6) is -0.448. The van der Waals surface area contributed by atoms with Crippen LogP contribution in [0.1, 0.15) is 27.6 Å². The number of amides is 2. The second-order valence-electron chi connectivity index (χ2n) is 5.93. The molecule has 27 heavy (non-hydrogen) atoms. The Labute approximate surface area is 163 Å². The first-order chi connectivity index (χ1) is 13.1. The van der Waals surface area contributed by atoms with E-state index in [2.05, 4.69) is 5.32 Å². The van der Waals surface area contributed by atoms with Crippen LogP contribution in [-0.4, -0.2) is 18.4 Å². The largest absolute Gasteiger partial charge is 0.322 e. The lowest BCUT2D eigenvalue weighted by Gasteiger charge is -2.21. The lowest BCUT2D eigenvalue weighted by Crippen LogP contribution is -2.30. The van der Waals surface area contributed by atoms with Crippen molar-refractivity contribution in [2.45, 2.75) is 6.92 Å². The average molecular weight is 379 g/mol. The molecule has 2 amide bonds. The van der Waals surface area contributed by atoms with Gasteiger partial charge in [0.25, 0.3) is 11.8 Å². The first kappa shape index (κ1) is 18.7. The zero-order valence-electron chi connectivity index (χ0n) is 14.9. The van der Waals surface area contributed by atoms with Gasteiger partial charge in [-0.3, -0.25) is 9.59 Å². The molecule has 5 heteroatoms. The fraction of sp³-hybridized carbons (Fsp3) is 0.0909. The van der Waals surface area contributed by atoms with E-state index in [1.165, 1.54) is 0 Å². The molecular weight excluding hydrogens is 360 g/mol. The van der Waals surface area contributed by atoms with Crippen molar-refractivity contribution in [2.75, 3.05) is 16.8 Å². The Hall–Kier alpha value is -3.11. The maximum atomic E-state index is 12.9. The quantitative estimate of drug-likeness (QED) is 0.658. The SMILES string of the molecule is CCN(C(=O)c1cccc(C(=O)Nc2cccc(Cl)c2)c1)c1ccccc1. The molecule has 136 valence electrons. The van der Waals surface area contributed by atoms with Crippen LogP contribution in [0.4, 0.5) is 11.4 Å². The minimum absolute atomic E-state index is 0.152. The normalized spacial score (nSPS) is 10.3. The van der Waals surface area contributed by atoms with Gasteiger partial charge in [-0.15, -0.1) is 0 Å². The van der Waals surface area contributed by atoms with E-state index in [0.29, 0.717) is 28.4 Å². The molecule has 0 atom stereocenters. The van der Waals surface area contributed by atoms with Crippen molar-refractivity contribution in [3.63, 3.8) is 0 Å². The average Bonchev–Trinajstić information content (AvgIpc) is 2.69. The van der Waals surface area contributed by atoms with Crippen molar-refractivity contribution in [2.24, 2.45) is 0 Å². The molecule has 0 bridgehead atoms. The third-order valence-electron chi connectivity index (χ3n) is 4.08. The van der Waals surface area contributed by atoms with E-state index in [0.717, 1.165) is 5.69 Å². The standard InChI is InChI=1S/C22H19ClN2O2/c1-2-25(20-12-4-3-5-13-20)22(27)17-9-6-8-16(14-17)21(26)24-19-11-7-10-18(23)15-19/h3-15H,2H2,1H3,(H,24,26). The van der Waals surface area contributed by atoms with E-state index in [1.54, 1.807) is 53.4 Å². The van der Waals surface area contributed by atoms with Gasteiger partial charge in [0.05, 0.1) is 0 Å². The molecule has 0 aliphatic rings. The molecule has 0 aromatic heterocycles. The van der Waals surface area contributed by atoms with Gasteiger partial charge in [-0.05, 0) is 55.5 Å². The summed E-state index contributed by atoms with van der Waals surface area (Å²) in [6.45, 7) is 2.45. The molecular formula is C22H19ClN2O2. The van der Waals surface area contributed by atoms with Crippen LogP contribution in [0.25, 0.3) is 0 Å². The second-order valence-corrected chi connectivity index (χ2v) is 6.37. The van der Waals surface area contributed by atoms with Crippen molar-refractivity contribution in [1.29, 1.82) is 0 Å². The van der Waals surface area contributed by atoms with Crippen LogP contribution in [-0.2, 0) is 0 Å². The maximum absolute atomic E-state index is 12.9. The summed E-state index contributed by atoms with van der Waals surface area (Å²) in [5.41, 5.74) is 2.28. The van der Waals surface area contributed by atoms with Gasteiger partial charge in [-0.25, -0.2) is 0 Å². The summed E-state index contributed by atoms with van der Waals surface area (Å²) in [6.07, 6.45) is 0. The highest BCUT2D eigenvalue weighted by atomic mass is 35.5. The summed E-state index contributed by atoms with van der Waals surface area (Å²) >= 11 is 5.95. The maximum Gasteiger partial charge on any atom is 0.258 e. The topological polar surface area (TPSA) is 49.4 Å². The fourth-order valence-electron chi connectivity index (χ4n) is 2.77. The number of benzene rings is 3. The summed E-state index contributed by atoms with van der Waals surface area (Å²) in [4.78, 5) is 27.1. The number of nitrogens with one attached hydrogen (secondary N) is 1. The van der Waals surface area contributed by atoms with Crippen LogP contribution >= 0.6 is 11.6 Å². The van der Waals surface area contributed by atoms with Gasteiger partial charge in [0.1, 0.15) is 0 Å². The molecule has 0 saturated heterocycles. The first-order valence-corrected chi connectivity index (χ1v) is 9.00. The number of hydrogen-bond donors (Lipinski definition) is 1. The third-order valence-corrected chi connectivity index (χ3v) is 4.32. The molecule has 3 aromatic rings. The predicted molar refractivity (Wildman–Crippen MR) is 110 cm³/mol. The van der Waals surface area contributed by atoms with Gasteiger partial charge in [-0.2, -0.15) is 0 Å². The Morgan fingerprint density at radius 2 is 1.59 bits per heavy atom. The van der Waals surface area contributed by atoms with Gasteiger partial charge in [0.15, 0.2) is 0 Å². The highest BCUT2D eigenvalue weighted by molar-refractivity contribution is 6.31. The Morgan fingerprint density at radius 1 is 0.889 bits per heavy atom. The highest BCUT2D eigenvalue weighted by Crippen LogP contribution is 2.19. The Balaban J connectivity index is 1.82. The number of rotatable bonds is 5. The lowest BCUT2D eigenvalue weighted by atomic mass is 10.1. The lowest BCUT2D eigenvalue weighted by molar-refractivity contribution is 0.0988. The zero-order valence-corrected chi connectivity index (χ0v) is 15.6. The van der Waals surface area contributed by atoms with Gasteiger partial charge in [0, 0.05) is 34.1 Å². The van der Waals surface area contributed by atoms with E-state index in [1.807, 2.05) is 37.3 Å². The van der Waals surface area contributed by atoms with E-state index < -0.39 is 0 Å². The summed E-state index contributed by atoms with van der Waals surface area (Å²) in [6, 6.07) is 23.1. The molecule has 0 radical (unpaired) electrons. The molecule has 0 unspecified atom stereocenters. The van der Waals surface area contributed by atoms with Crippen molar-refractivity contribution < 1.29 is 9.59 Å². The van der Waals surface area contributed by atoms with Crippen LogP contribution in [0, 0.1) is 0 Å². The smallest absolute Gasteiger partial charge is 0.258 e. The molecule has 4 nitrogen and oxygen atoms in total. The molecule has 0 aliphatic heterocycles. The number of nitrogens with zero attached hydrogens (tertiary/aromatic N) is 1. The summed E-state index contributed by atoms with van der Waals surface area (Å²) in [7, 11) is 0. The number of para-hydroxylation sites is 1. The monoisotopic (exact) mass is 378 g/mol. The van der Waals surface area contributed by atoms with Crippen LogP contribution in [0.2, 0.25) is 5.02 Å². The molecule has 3 aromatic carbocycles. The van der Waals surface area contributed by atoms with Gasteiger partial charge in [0.2, 0.25) is 0 Å².